The molecule has 1 heterocycles. The predicted octanol–water partition coefficient (Wildman–Crippen LogP) is 1.85. The van der Waals surface area contributed by atoms with Crippen molar-refractivity contribution >= 4 is 11.6 Å². The van der Waals surface area contributed by atoms with Gasteiger partial charge in [-0.25, -0.2) is 4.39 Å². The average Bonchev–Trinajstić information content (AvgIpc) is 2.70. The van der Waals surface area contributed by atoms with Crippen LogP contribution in [0.4, 0.5) is 4.39 Å². The van der Waals surface area contributed by atoms with E-state index < -0.39 is 0 Å². The maximum atomic E-state index is 13.3. The molecule has 0 aliphatic carbocycles. The minimum atomic E-state index is -0.288. The Morgan fingerprint density at radius 1 is 1.47 bits per heavy atom. The summed E-state index contributed by atoms with van der Waals surface area (Å²) in [4.78, 5) is 0. The Kier molecular flexibility index (Phi) is 2.64. The number of tetrazole rings is 1. The zero-order valence-corrected chi connectivity index (χ0v) is 8.74. The van der Waals surface area contributed by atoms with Gasteiger partial charge in [0.05, 0.1) is 11.6 Å². The predicted molar refractivity (Wildman–Crippen MR) is 53.4 cm³/mol. The number of benzene rings is 1. The van der Waals surface area contributed by atoms with E-state index in [2.05, 4.69) is 15.5 Å². The fourth-order valence-corrected chi connectivity index (χ4v) is 1.47. The van der Waals surface area contributed by atoms with Gasteiger partial charge < -0.3 is 0 Å². The molecule has 78 valence electrons. The van der Waals surface area contributed by atoms with E-state index in [1.165, 1.54) is 10.7 Å². The molecule has 2 aromatic rings. The summed E-state index contributed by atoms with van der Waals surface area (Å²) < 4.78 is 14.7. The summed E-state index contributed by atoms with van der Waals surface area (Å²) >= 11 is 5.66. The first kappa shape index (κ1) is 10.0. The van der Waals surface area contributed by atoms with E-state index in [0.29, 0.717) is 17.1 Å². The molecule has 6 heteroatoms. The summed E-state index contributed by atoms with van der Waals surface area (Å²) in [6.07, 6.45) is 0. The second-order valence-electron chi connectivity index (χ2n) is 3.02. The lowest BCUT2D eigenvalue weighted by Gasteiger charge is -2.06. The van der Waals surface area contributed by atoms with Gasteiger partial charge in [-0.1, -0.05) is 6.07 Å². The highest BCUT2D eigenvalue weighted by Crippen LogP contribution is 2.17. The molecule has 1 aromatic carbocycles. The van der Waals surface area contributed by atoms with Crippen molar-refractivity contribution in [1.82, 2.24) is 20.2 Å². The Bertz CT molecular complexity index is 483. The van der Waals surface area contributed by atoms with Gasteiger partial charge >= 0.3 is 0 Å². The molecule has 0 atom stereocenters. The van der Waals surface area contributed by atoms with Crippen LogP contribution in [0.2, 0.25) is 0 Å². The molecular weight excluding hydrogens is 219 g/mol. The van der Waals surface area contributed by atoms with E-state index in [1.807, 2.05) is 0 Å². The molecular formula is C9H8ClFN4. The zero-order valence-electron chi connectivity index (χ0n) is 7.98. The normalized spacial score (nSPS) is 10.6. The van der Waals surface area contributed by atoms with Crippen LogP contribution in [0, 0.1) is 12.7 Å². The van der Waals surface area contributed by atoms with Crippen LogP contribution in [0.5, 0.6) is 0 Å². The third-order valence-electron chi connectivity index (χ3n) is 2.12. The first-order valence-electron chi connectivity index (χ1n) is 4.32. The molecule has 0 saturated heterocycles. The lowest BCUT2D eigenvalue weighted by molar-refractivity contribution is 0.614. The standard InChI is InChI=1S/C9H8ClFN4/c1-6-7(11)3-2-4-8(6)15-9(5-10)12-13-14-15/h2-4H,5H2,1H3. The number of hydrogen-bond donors (Lipinski definition) is 0. The van der Waals surface area contributed by atoms with Gasteiger partial charge in [-0.2, -0.15) is 4.68 Å². The lowest BCUT2D eigenvalue weighted by Crippen LogP contribution is -2.04. The smallest absolute Gasteiger partial charge is 0.171 e. The third kappa shape index (κ3) is 1.70. The summed E-state index contributed by atoms with van der Waals surface area (Å²) in [5, 5.41) is 11.0. The number of nitrogens with zero attached hydrogens (tertiary/aromatic N) is 4. The molecule has 15 heavy (non-hydrogen) atoms. The van der Waals surface area contributed by atoms with Crippen LogP contribution in [0.3, 0.4) is 0 Å². The molecule has 0 amide bonds. The van der Waals surface area contributed by atoms with E-state index in [0.717, 1.165) is 0 Å². The van der Waals surface area contributed by atoms with Gasteiger partial charge in [0.25, 0.3) is 0 Å². The van der Waals surface area contributed by atoms with E-state index in [4.69, 9.17) is 11.6 Å². The first-order valence-corrected chi connectivity index (χ1v) is 4.86. The Hall–Kier alpha value is -1.49. The van der Waals surface area contributed by atoms with Crippen LogP contribution in [0.1, 0.15) is 11.4 Å². The number of halogens is 2. The van der Waals surface area contributed by atoms with Gasteiger partial charge in [-0.15, -0.1) is 16.7 Å². The fourth-order valence-electron chi connectivity index (χ4n) is 1.30. The van der Waals surface area contributed by atoms with Gasteiger partial charge in [0.2, 0.25) is 0 Å². The van der Waals surface area contributed by atoms with Crippen molar-refractivity contribution in [3.8, 4) is 5.69 Å². The third-order valence-corrected chi connectivity index (χ3v) is 2.36. The SMILES string of the molecule is Cc1c(F)cccc1-n1nnnc1CCl. The van der Waals surface area contributed by atoms with Crippen molar-refractivity contribution in [2.75, 3.05) is 0 Å². The highest BCUT2D eigenvalue weighted by atomic mass is 35.5. The maximum Gasteiger partial charge on any atom is 0.171 e. The molecule has 4 nitrogen and oxygen atoms in total. The number of aromatic nitrogens is 4. The highest BCUT2D eigenvalue weighted by molar-refractivity contribution is 6.16. The Labute approximate surface area is 90.7 Å². The van der Waals surface area contributed by atoms with Gasteiger partial charge in [0, 0.05) is 5.56 Å². The van der Waals surface area contributed by atoms with Crippen LogP contribution in [-0.4, -0.2) is 20.2 Å². The summed E-state index contributed by atoms with van der Waals surface area (Å²) in [6.45, 7) is 1.67. The first-order chi connectivity index (χ1) is 7.24. The molecule has 2 rings (SSSR count). The second kappa shape index (κ2) is 3.94. The van der Waals surface area contributed by atoms with E-state index >= 15 is 0 Å². The molecule has 1 aromatic heterocycles. The maximum absolute atomic E-state index is 13.3. The summed E-state index contributed by atoms with van der Waals surface area (Å²) in [6, 6.07) is 4.74. The molecule has 0 spiro atoms. The van der Waals surface area contributed by atoms with Crippen molar-refractivity contribution in [3.05, 3.63) is 35.4 Å². The largest absolute Gasteiger partial charge is 0.207 e. The molecule has 0 saturated carbocycles. The summed E-state index contributed by atoms with van der Waals surface area (Å²) in [7, 11) is 0. The van der Waals surface area contributed by atoms with Crippen LogP contribution in [0.25, 0.3) is 5.69 Å². The van der Waals surface area contributed by atoms with E-state index in [1.54, 1.807) is 19.1 Å². The van der Waals surface area contributed by atoms with Crippen LogP contribution < -0.4 is 0 Å². The second-order valence-corrected chi connectivity index (χ2v) is 3.29. The fraction of sp³-hybridized carbons (Fsp3) is 0.222. The van der Waals surface area contributed by atoms with Gasteiger partial charge in [-0.05, 0) is 29.5 Å². The van der Waals surface area contributed by atoms with Crippen molar-refractivity contribution < 1.29 is 4.39 Å². The minimum absolute atomic E-state index is 0.183. The van der Waals surface area contributed by atoms with Crippen molar-refractivity contribution in [2.45, 2.75) is 12.8 Å². The van der Waals surface area contributed by atoms with Crippen molar-refractivity contribution in [2.24, 2.45) is 0 Å². The molecule has 0 N–H and O–H groups in total. The molecule has 0 unspecified atom stereocenters. The quantitative estimate of drug-likeness (QED) is 0.734. The summed E-state index contributed by atoms with van der Waals surface area (Å²) in [5.41, 5.74) is 1.10. The van der Waals surface area contributed by atoms with Crippen LogP contribution in [0.15, 0.2) is 18.2 Å². The van der Waals surface area contributed by atoms with E-state index in [9.17, 15) is 4.39 Å². The zero-order chi connectivity index (χ0) is 10.8. The number of hydrogen-bond acceptors (Lipinski definition) is 3. The van der Waals surface area contributed by atoms with Crippen molar-refractivity contribution in [1.29, 1.82) is 0 Å². The van der Waals surface area contributed by atoms with Gasteiger partial charge in [0.15, 0.2) is 5.82 Å². The van der Waals surface area contributed by atoms with Crippen molar-refractivity contribution in [3.63, 3.8) is 0 Å². The van der Waals surface area contributed by atoms with E-state index in [-0.39, 0.29) is 11.7 Å². The molecule has 0 aliphatic heterocycles. The molecule has 0 bridgehead atoms. The monoisotopic (exact) mass is 226 g/mol. The van der Waals surface area contributed by atoms with Gasteiger partial charge in [-0.3, -0.25) is 0 Å². The topological polar surface area (TPSA) is 43.6 Å². The molecule has 0 radical (unpaired) electrons. The van der Waals surface area contributed by atoms with Crippen LogP contribution >= 0.6 is 11.6 Å². The molecule has 0 aliphatic rings. The lowest BCUT2D eigenvalue weighted by atomic mass is 10.2. The Balaban J connectivity index is 2.59. The minimum Gasteiger partial charge on any atom is -0.207 e. The highest BCUT2D eigenvalue weighted by Gasteiger charge is 2.11. The number of alkyl halides is 1. The average molecular weight is 227 g/mol. The Morgan fingerprint density at radius 3 is 3.00 bits per heavy atom. The Morgan fingerprint density at radius 2 is 2.27 bits per heavy atom. The molecule has 0 fully saturated rings. The summed E-state index contributed by atoms with van der Waals surface area (Å²) in [5.74, 6) is 0.386. The van der Waals surface area contributed by atoms with Crippen LogP contribution in [-0.2, 0) is 5.88 Å². The van der Waals surface area contributed by atoms with Gasteiger partial charge in [0.1, 0.15) is 5.82 Å². The number of rotatable bonds is 2.